The van der Waals surface area contributed by atoms with Crippen molar-refractivity contribution in [2.45, 2.75) is 31.7 Å². The fourth-order valence-corrected chi connectivity index (χ4v) is 3.41. The van der Waals surface area contributed by atoms with Gasteiger partial charge in [0, 0.05) is 24.2 Å². The molecular formula is C20H24N2O2. The van der Waals surface area contributed by atoms with Crippen molar-refractivity contribution in [2.24, 2.45) is 0 Å². The molecule has 0 aliphatic carbocycles. The van der Waals surface area contributed by atoms with Crippen molar-refractivity contribution in [3.05, 3.63) is 59.7 Å². The van der Waals surface area contributed by atoms with Gasteiger partial charge in [-0.15, -0.1) is 0 Å². The second-order valence-corrected chi connectivity index (χ2v) is 6.52. The van der Waals surface area contributed by atoms with E-state index in [1.807, 2.05) is 41.3 Å². The number of nitrogens with two attached hydrogens (primary N) is 1. The van der Waals surface area contributed by atoms with E-state index < -0.39 is 0 Å². The van der Waals surface area contributed by atoms with Crippen LogP contribution in [0.25, 0.3) is 0 Å². The van der Waals surface area contributed by atoms with E-state index in [1.54, 1.807) is 7.11 Å². The Morgan fingerprint density at radius 2 is 1.83 bits per heavy atom. The van der Waals surface area contributed by atoms with Gasteiger partial charge in [0.25, 0.3) is 0 Å². The van der Waals surface area contributed by atoms with Gasteiger partial charge in [-0.05, 0) is 48.7 Å². The molecule has 1 aliphatic rings. The molecule has 4 nitrogen and oxygen atoms in total. The normalized spacial score (nSPS) is 20.2. The number of carbonyl (C=O) groups is 1. The summed E-state index contributed by atoms with van der Waals surface area (Å²) in [4.78, 5) is 14.7. The standard InChI is InChI=1S/C20H24N2O2/c1-14-11-17(16-5-9-19(24-2)10-6-16)13-22(14)20(23)12-15-3-7-18(21)8-4-15/h3-10,14,17H,11-13,21H2,1-2H3/t14-,17-/m0/s1. The van der Waals surface area contributed by atoms with Crippen molar-refractivity contribution in [1.29, 1.82) is 0 Å². The van der Waals surface area contributed by atoms with E-state index in [2.05, 4.69) is 19.1 Å². The molecule has 1 amide bonds. The number of methoxy groups -OCH3 is 1. The number of nitrogen functional groups attached to an aromatic ring is 1. The first-order valence-corrected chi connectivity index (χ1v) is 8.34. The van der Waals surface area contributed by atoms with E-state index >= 15 is 0 Å². The predicted molar refractivity (Wildman–Crippen MR) is 96.1 cm³/mol. The van der Waals surface area contributed by atoms with Gasteiger partial charge in [0.1, 0.15) is 5.75 Å². The number of ether oxygens (including phenoxy) is 1. The second kappa shape index (κ2) is 6.95. The third-order valence-electron chi connectivity index (χ3n) is 4.82. The van der Waals surface area contributed by atoms with Crippen molar-refractivity contribution in [2.75, 3.05) is 19.4 Å². The molecule has 2 N–H and O–H groups in total. The van der Waals surface area contributed by atoms with E-state index in [1.165, 1.54) is 5.56 Å². The van der Waals surface area contributed by atoms with Gasteiger partial charge in [-0.1, -0.05) is 24.3 Å². The van der Waals surface area contributed by atoms with Gasteiger partial charge in [0.2, 0.25) is 5.91 Å². The molecule has 2 aromatic rings. The smallest absolute Gasteiger partial charge is 0.227 e. The Bertz CT molecular complexity index is 695. The first-order chi connectivity index (χ1) is 11.6. The molecule has 0 radical (unpaired) electrons. The molecule has 1 saturated heterocycles. The fourth-order valence-electron chi connectivity index (χ4n) is 3.41. The molecule has 4 heteroatoms. The minimum Gasteiger partial charge on any atom is -0.497 e. The number of likely N-dealkylation sites (tertiary alicyclic amines) is 1. The lowest BCUT2D eigenvalue weighted by atomic mass is 9.97. The molecule has 0 bridgehead atoms. The van der Waals surface area contributed by atoms with Crippen LogP contribution in [-0.4, -0.2) is 30.5 Å². The third-order valence-corrected chi connectivity index (χ3v) is 4.82. The van der Waals surface area contributed by atoms with Crippen molar-refractivity contribution in [3.63, 3.8) is 0 Å². The maximum atomic E-state index is 12.7. The van der Waals surface area contributed by atoms with Crippen LogP contribution in [0.5, 0.6) is 5.75 Å². The predicted octanol–water partition coefficient (Wildman–Crippen LogP) is 3.22. The highest BCUT2D eigenvalue weighted by Gasteiger charge is 2.32. The Morgan fingerprint density at radius 1 is 1.17 bits per heavy atom. The van der Waals surface area contributed by atoms with Gasteiger partial charge < -0.3 is 15.4 Å². The van der Waals surface area contributed by atoms with E-state index in [0.717, 1.165) is 30.0 Å². The molecule has 1 heterocycles. The lowest BCUT2D eigenvalue weighted by molar-refractivity contribution is -0.131. The van der Waals surface area contributed by atoms with Crippen molar-refractivity contribution < 1.29 is 9.53 Å². The lowest BCUT2D eigenvalue weighted by Crippen LogP contribution is -2.35. The first-order valence-electron chi connectivity index (χ1n) is 8.34. The van der Waals surface area contributed by atoms with Gasteiger partial charge in [-0.2, -0.15) is 0 Å². The van der Waals surface area contributed by atoms with Gasteiger partial charge in [-0.25, -0.2) is 0 Å². The summed E-state index contributed by atoms with van der Waals surface area (Å²) in [5, 5.41) is 0. The van der Waals surface area contributed by atoms with E-state index in [0.29, 0.717) is 12.3 Å². The second-order valence-electron chi connectivity index (χ2n) is 6.52. The maximum absolute atomic E-state index is 12.7. The van der Waals surface area contributed by atoms with Gasteiger partial charge in [-0.3, -0.25) is 4.79 Å². The number of nitrogens with zero attached hydrogens (tertiary/aromatic N) is 1. The monoisotopic (exact) mass is 324 g/mol. The average Bonchev–Trinajstić information content (AvgIpc) is 2.99. The minimum atomic E-state index is 0.184. The molecule has 0 unspecified atom stereocenters. The number of carbonyl (C=O) groups excluding carboxylic acids is 1. The first kappa shape index (κ1) is 16.4. The highest BCUT2D eigenvalue weighted by molar-refractivity contribution is 5.79. The Hall–Kier alpha value is -2.49. The summed E-state index contributed by atoms with van der Waals surface area (Å²) < 4.78 is 5.21. The third kappa shape index (κ3) is 3.53. The van der Waals surface area contributed by atoms with Crippen LogP contribution >= 0.6 is 0 Å². The number of anilines is 1. The van der Waals surface area contributed by atoms with Crippen LogP contribution in [0.1, 0.15) is 30.4 Å². The molecule has 2 atom stereocenters. The van der Waals surface area contributed by atoms with Gasteiger partial charge in [0.05, 0.1) is 13.5 Å². The van der Waals surface area contributed by atoms with Crippen molar-refractivity contribution >= 4 is 11.6 Å². The van der Waals surface area contributed by atoms with Crippen LogP contribution in [0.4, 0.5) is 5.69 Å². The zero-order valence-corrected chi connectivity index (χ0v) is 14.2. The molecule has 24 heavy (non-hydrogen) atoms. The van der Waals surface area contributed by atoms with Crippen molar-refractivity contribution in [3.8, 4) is 5.75 Å². The molecule has 1 aliphatic heterocycles. The van der Waals surface area contributed by atoms with Crippen LogP contribution in [0, 0.1) is 0 Å². The molecule has 3 rings (SSSR count). The van der Waals surface area contributed by atoms with Gasteiger partial charge >= 0.3 is 0 Å². The summed E-state index contributed by atoms with van der Waals surface area (Å²) in [5.74, 6) is 1.44. The van der Waals surface area contributed by atoms with E-state index in [4.69, 9.17) is 10.5 Å². The summed E-state index contributed by atoms with van der Waals surface area (Å²) in [6.45, 7) is 2.91. The van der Waals surface area contributed by atoms with Crippen LogP contribution in [-0.2, 0) is 11.2 Å². The summed E-state index contributed by atoms with van der Waals surface area (Å²) in [6.07, 6.45) is 1.43. The number of hydrogen-bond acceptors (Lipinski definition) is 3. The van der Waals surface area contributed by atoms with E-state index in [9.17, 15) is 4.79 Å². The maximum Gasteiger partial charge on any atom is 0.227 e. The molecule has 0 saturated carbocycles. The highest BCUT2D eigenvalue weighted by Crippen LogP contribution is 2.32. The van der Waals surface area contributed by atoms with Crippen LogP contribution < -0.4 is 10.5 Å². The van der Waals surface area contributed by atoms with Crippen LogP contribution in [0.2, 0.25) is 0 Å². The topological polar surface area (TPSA) is 55.6 Å². The summed E-state index contributed by atoms with van der Waals surface area (Å²) in [6, 6.07) is 16.0. The Kier molecular flexibility index (Phi) is 4.74. The van der Waals surface area contributed by atoms with Crippen molar-refractivity contribution in [1.82, 2.24) is 4.90 Å². The van der Waals surface area contributed by atoms with Gasteiger partial charge in [0.15, 0.2) is 0 Å². The van der Waals surface area contributed by atoms with E-state index in [-0.39, 0.29) is 11.9 Å². The molecular weight excluding hydrogens is 300 g/mol. The SMILES string of the molecule is COc1ccc([C@H]2C[C@H](C)N(C(=O)Cc3ccc(N)cc3)C2)cc1. The largest absolute Gasteiger partial charge is 0.497 e. The van der Waals surface area contributed by atoms with Crippen LogP contribution in [0.15, 0.2) is 48.5 Å². The lowest BCUT2D eigenvalue weighted by Gasteiger charge is -2.21. The highest BCUT2D eigenvalue weighted by atomic mass is 16.5. The molecule has 0 aromatic heterocycles. The Labute approximate surface area is 143 Å². The molecule has 126 valence electrons. The molecule has 0 spiro atoms. The Morgan fingerprint density at radius 3 is 2.46 bits per heavy atom. The fraction of sp³-hybridized carbons (Fsp3) is 0.350. The summed E-state index contributed by atoms with van der Waals surface area (Å²) in [7, 11) is 1.67. The number of rotatable bonds is 4. The number of hydrogen-bond donors (Lipinski definition) is 1. The van der Waals surface area contributed by atoms with Crippen LogP contribution in [0.3, 0.4) is 0 Å². The zero-order chi connectivity index (χ0) is 17.1. The molecule has 2 aromatic carbocycles. The zero-order valence-electron chi connectivity index (χ0n) is 14.2. The summed E-state index contributed by atoms with van der Waals surface area (Å²) in [5.41, 5.74) is 8.70. The average molecular weight is 324 g/mol. The number of amides is 1. The summed E-state index contributed by atoms with van der Waals surface area (Å²) >= 11 is 0. The number of benzene rings is 2. The minimum absolute atomic E-state index is 0.184. The molecule has 1 fully saturated rings. The quantitative estimate of drug-likeness (QED) is 0.879. The Balaban J connectivity index is 1.66.